The molecular formula is C20H21N3O3S2. The van der Waals surface area contributed by atoms with E-state index in [1.54, 1.807) is 6.07 Å². The molecule has 1 saturated carbocycles. The molecule has 2 aliphatic rings. The molecular weight excluding hydrogens is 394 g/mol. The molecule has 2 aromatic heterocycles. The normalized spacial score (nSPS) is 19.5. The summed E-state index contributed by atoms with van der Waals surface area (Å²) in [6.45, 7) is 1.82. The zero-order valence-corrected chi connectivity index (χ0v) is 17.1. The number of hydrogen-bond donors (Lipinski definition) is 1. The Bertz CT molecular complexity index is 1130. The molecule has 28 heavy (non-hydrogen) atoms. The summed E-state index contributed by atoms with van der Waals surface area (Å²) in [6.07, 6.45) is 4.94. The number of thiophene rings is 1. The van der Waals surface area contributed by atoms with Crippen molar-refractivity contribution in [1.29, 1.82) is 0 Å². The number of aromatic nitrogens is 2. The average Bonchev–Trinajstić information content (AvgIpc) is 3.27. The molecule has 0 spiro atoms. The van der Waals surface area contributed by atoms with Crippen molar-refractivity contribution >= 4 is 21.4 Å². The maximum absolute atomic E-state index is 13.1. The predicted molar refractivity (Wildman–Crippen MR) is 107 cm³/mol. The molecule has 1 aromatic carbocycles. The largest absolute Gasteiger partial charge is 0.339 e. The molecule has 2 heterocycles. The minimum Gasteiger partial charge on any atom is -0.339 e. The van der Waals surface area contributed by atoms with Gasteiger partial charge in [0.15, 0.2) is 0 Å². The van der Waals surface area contributed by atoms with Crippen molar-refractivity contribution in [2.75, 3.05) is 0 Å². The first kappa shape index (κ1) is 18.0. The zero-order chi connectivity index (χ0) is 19.3. The Kier molecular flexibility index (Phi) is 4.37. The molecule has 3 aromatic rings. The second kappa shape index (κ2) is 6.79. The van der Waals surface area contributed by atoms with Gasteiger partial charge in [0.05, 0.1) is 9.77 Å². The van der Waals surface area contributed by atoms with Gasteiger partial charge in [-0.2, -0.15) is 4.98 Å². The fraction of sp³-hybridized carbons (Fsp3) is 0.400. The lowest BCUT2D eigenvalue weighted by Crippen LogP contribution is -2.31. The molecule has 1 fully saturated rings. The fourth-order valence-corrected chi connectivity index (χ4v) is 6.57. The third-order valence-corrected chi connectivity index (χ3v) is 8.19. The highest BCUT2D eigenvalue weighted by Gasteiger charge is 2.31. The number of nitrogens with zero attached hydrogens (tertiary/aromatic N) is 2. The second-order valence-corrected chi connectivity index (χ2v) is 10.5. The molecule has 146 valence electrons. The molecule has 0 radical (unpaired) electrons. The maximum Gasteiger partial charge on any atom is 0.242 e. The van der Waals surface area contributed by atoms with E-state index in [4.69, 9.17) is 4.52 Å². The summed E-state index contributed by atoms with van der Waals surface area (Å²) in [6, 6.07) is 9.55. The maximum atomic E-state index is 13.1. The summed E-state index contributed by atoms with van der Waals surface area (Å²) in [4.78, 5) is 6.19. The van der Waals surface area contributed by atoms with Crippen LogP contribution in [0.25, 0.3) is 10.7 Å². The van der Waals surface area contributed by atoms with Gasteiger partial charge >= 0.3 is 0 Å². The van der Waals surface area contributed by atoms with Crippen LogP contribution in [0.3, 0.4) is 0 Å². The Balaban J connectivity index is 1.43. The van der Waals surface area contributed by atoms with Crippen molar-refractivity contribution in [1.82, 2.24) is 14.9 Å². The molecule has 5 rings (SSSR count). The Hall–Kier alpha value is -2.03. The van der Waals surface area contributed by atoms with Crippen molar-refractivity contribution < 1.29 is 12.9 Å². The first-order valence-electron chi connectivity index (χ1n) is 9.56. The van der Waals surface area contributed by atoms with Gasteiger partial charge in [0.2, 0.25) is 21.7 Å². The van der Waals surface area contributed by atoms with Crippen molar-refractivity contribution in [2.45, 2.75) is 55.9 Å². The van der Waals surface area contributed by atoms with Crippen LogP contribution in [-0.2, 0) is 16.4 Å². The van der Waals surface area contributed by atoms with E-state index >= 15 is 0 Å². The topological polar surface area (TPSA) is 85.1 Å². The summed E-state index contributed by atoms with van der Waals surface area (Å²) in [5.41, 5.74) is 2.31. The quantitative estimate of drug-likeness (QED) is 0.670. The number of aryl methyl sites for hydroxylation is 2. The Morgan fingerprint density at radius 2 is 2.04 bits per heavy atom. The Morgan fingerprint density at radius 3 is 2.86 bits per heavy atom. The number of nitrogens with one attached hydrogen (secondary N) is 1. The van der Waals surface area contributed by atoms with E-state index in [2.05, 4.69) is 20.9 Å². The second-order valence-electron chi connectivity index (χ2n) is 7.53. The monoisotopic (exact) mass is 415 g/mol. The molecule has 2 aliphatic carbocycles. The fourth-order valence-electron chi connectivity index (χ4n) is 3.80. The van der Waals surface area contributed by atoms with E-state index in [0.717, 1.165) is 47.4 Å². The summed E-state index contributed by atoms with van der Waals surface area (Å²) in [5, 5.41) is 4.04. The van der Waals surface area contributed by atoms with Crippen LogP contribution in [0.2, 0.25) is 0 Å². The minimum atomic E-state index is -3.64. The van der Waals surface area contributed by atoms with E-state index in [0.29, 0.717) is 22.5 Å². The van der Waals surface area contributed by atoms with Crippen molar-refractivity contribution in [3.05, 3.63) is 52.2 Å². The highest BCUT2D eigenvalue weighted by molar-refractivity contribution is 7.89. The van der Waals surface area contributed by atoms with E-state index < -0.39 is 10.0 Å². The zero-order valence-electron chi connectivity index (χ0n) is 15.5. The number of fused-ring (bicyclic) bond motifs is 1. The van der Waals surface area contributed by atoms with Gasteiger partial charge in [0.1, 0.15) is 0 Å². The van der Waals surface area contributed by atoms with Gasteiger partial charge in [-0.05, 0) is 56.2 Å². The molecule has 6 nitrogen and oxygen atoms in total. The summed E-state index contributed by atoms with van der Waals surface area (Å²) in [5.74, 6) is 1.50. The third kappa shape index (κ3) is 3.29. The van der Waals surface area contributed by atoms with Crippen LogP contribution in [0.1, 0.15) is 59.5 Å². The molecule has 0 amide bonds. The van der Waals surface area contributed by atoms with Gasteiger partial charge in [-0.15, -0.1) is 11.3 Å². The summed E-state index contributed by atoms with van der Waals surface area (Å²) in [7, 11) is -3.64. The van der Waals surface area contributed by atoms with Crippen LogP contribution in [-0.4, -0.2) is 18.6 Å². The van der Waals surface area contributed by atoms with Crippen molar-refractivity contribution in [2.24, 2.45) is 0 Å². The van der Waals surface area contributed by atoms with Gasteiger partial charge < -0.3 is 4.52 Å². The van der Waals surface area contributed by atoms with Gasteiger partial charge in [0.25, 0.3) is 0 Å². The Labute approximate surface area is 168 Å². The molecule has 1 N–H and O–H groups in total. The van der Waals surface area contributed by atoms with Gasteiger partial charge in [-0.3, -0.25) is 0 Å². The van der Waals surface area contributed by atoms with Gasteiger partial charge in [0, 0.05) is 16.8 Å². The van der Waals surface area contributed by atoms with Crippen LogP contribution < -0.4 is 4.72 Å². The molecule has 1 atom stereocenters. The van der Waals surface area contributed by atoms with Crippen LogP contribution in [0.5, 0.6) is 0 Å². The molecule has 1 unspecified atom stereocenters. The van der Waals surface area contributed by atoms with Crippen molar-refractivity contribution in [3.63, 3.8) is 0 Å². The number of rotatable bonds is 5. The van der Waals surface area contributed by atoms with Crippen LogP contribution in [0.15, 0.2) is 39.8 Å². The molecule has 8 heteroatoms. The summed E-state index contributed by atoms with van der Waals surface area (Å²) >= 11 is 1.38. The lowest BCUT2D eigenvalue weighted by atomic mass is 9.88. The standard InChI is InChI=1S/C20H21N3O3S2/c1-12-18(11-17(27-12)19-21-20(26-22-19)14-9-10-14)28(24,25)23-16-8-4-6-13-5-2-3-7-15(13)16/h2-3,5,7,11,14,16,23H,4,6,8-10H2,1H3. The smallest absolute Gasteiger partial charge is 0.242 e. The molecule has 0 aliphatic heterocycles. The molecule has 0 saturated heterocycles. The van der Waals surface area contributed by atoms with Gasteiger partial charge in [-0.25, -0.2) is 13.1 Å². The van der Waals surface area contributed by atoms with Crippen molar-refractivity contribution in [3.8, 4) is 10.7 Å². The molecule has 0 bridgehead atoms. The Morgan fingerprint density at radius 1 is 1.21 bits per heavy atom. The average molecular weight is 416 g/mol. The highest BCUT2D eigenvalue weighted by Crippen LogP contribution is 2.40. The van der Waals surface area contributed by atoms with Crippen LogP contribution in [0.4, 0.5) is 0 Å². The van der Waals surface area contributed by atoms with E-state index in [-0.39, 0.29) is 6.04 Å². The number of sulfonamides is 1. The first-order chi connectivity index (χ1) is 13.5. The van der Waals surface area contributed by atoms with E-state index in [1.807, 2.05) is 25.1 Å². The SMILES string of the molecule is Cc1sc(-c2noc(C3CC3)n2)cc1S(=O)(=O)NC1CCCc2ccccc21. The number of hydrogen-bond acceptors (Lipinski definition) is 6. The number of benzene rings is 1. The highest BCUT2D eigenvalue weighted by atomic mass is 32.2. The van der Waals surface area contributed by atoms with E-state index in [1.165, 1.54) is 16.9 Å². The van der Waals surface area contributed by atoms with Crippen LogP contribution in [0, 0.1) is 6.92 Å². The van der Waals surface area contributed by atoms with E-state index in [9.17, 15) is 8.42 Å². The van der Waals surface area contributed by atoms with Gasteiger partial charge in [-0.1, -0.05) is 29.4 Å². The first-order valence-corrected chi connectivity index (χ1v) is 11.9. The summed E-state index contributed by atoms with van der Waals surface area (Å²) < 4.78 is 34.5. The predicted octanol–water partition coefficient (Wildman–Crippen LogP) is 4.34. The third-order valence-electron chi connectivity index (χ3n) is 5.42. The lowest BCUT2D eigenvalue weighted by Gasteiger charge is -2.26. The van der Waals surface area contributed by atoms with Crippen LogP contribution >= 0.6 is 11.3 Å². The minimum absolute atomic E-state index is 0.190. The lowest BCUT2D eigenvalue weighted by molar-refractivity contribution is 0.380.